The lowest BCUT2D eigenvalue weighted by atomic mass is 9.99. The van der Waals surface area contributed by atoms with E-state index < -0.39 is 0 Å². The molecule has 0 unspecified atom stereocenters. The SMILES string of the molecule is Cc1ccc(-c2ccc(CNC(C)C)cc2Cl)cc1C. The van der Waals surface area contributed by atoms with E-state index in [-0.39, 0.29) is 0 Å². The van der Waals surface area contributed by atoms with E-state index in [1.165, 1.54) is 22.3 Å². The van der Waals surface area contributed by atoms with Crippen molar-refractivity contribution in [1.82, 2.24) is 5.32 Å². The van der Waals surface area contributed by atoms with Crippen molar-refractivity contribution < 1.29 is 0 Å². The van der Waals surface area contributed by atoms with Crippen molar-refractivity contribution in [1.29, 1.82) is 0 Å². The molecule has 1 nitrogen and oxygen atoms in total. The van der Waals surface area contributed by atoms with Crippen LogP contribution in [0.15, 0.2) is 36.4 Å². The van der Waals surface area contributed by atoms with Gasteiger partial charge in [-0.3, -0.25) is 0 Å². The summed E-state index contributed by atoms with van der Waals surface area (Å²) >= 11 is 6.44. The Bertz CT molecular complexity index is 602. The van der Waals surface area contributed by atoms with Crippen molar-refractivity contribution in [2.75, 3.05) is 0 Å². The van der Waals surface area contributed by atoms with E-state index >= 15 is 0 Å². The minimum Gasteiger partial charge on any atom is -0.310 e. The molecule has 0 aliphatic heterocycles. The summed E-state index contributed by atoms with van der Waals surface area (Å²) < 4.78 is 0. The Morgan fingerprint density at radius 2 is 1.75 bits per heavy atom. The second-order valence-electron chi connectivity index (χ2n) is 5.65. The number of hydrogen-bond donors (Lipinski definition) is 1. The molecule has 0 fully saturated rings. The molecule has 2 aromatic carbocycles. The maximum atomic E-state index is 6.44. The summed E-state index contributed by atoms with van der Waals surface area (Å²) in [6.07, 6.45) is 0. The summed E-state index contributed by atoms with van der Waals surface area (Å²) in [6.45, 7) is 9.40. The maximum absolute atomic E-state index is 6.44. The van der Waals surface area contributed by atoms with Crippen molar-refractivity contribution >= 4 is 11.6 Å². The molecule has 0 aliphatic carbocycles. The third-order valence-corrected chi connectivity index (χ3v) is 3.88. The third kappa shape index (κ3) is 3.62. The highest BCUT2D eigenvalue weighted by Gasteiger charge is 2.06. The van der Waals surface area contributed by atoms with Gasteiger partial charge < -0.3 is 5.32 Å². The molecule has 0 spiro atoms. The highest BCUT2D eigenvalue weighted by molar-refractivity contribution is 6.33. The lowest BCUT2D eigenvalue weighted by molar-refractivity contribution is 0.589. The van der Waals surface area contributed by atoms with Gasteiger partial charge in [0.1, 0.15) is 0 Å². The zero-order chi connectivity index (χ0) is 14.7. The quantitative estimate of drug-likeness (QED) is 0.823. The van der Waals surface area contributed by atoms with Gasteiger partial charge in [-0.1, -0.05) is 55.8 Å². The molecule has 2 rings (SSSR count). The molecule has 0 amide bonds. The molecule has 0 atom stereocenters. The van der Waals surface area contributed by atoms with Crippen LogP contribution in [-0.4, -0.2) is 6.04 Å². The van der Waals surface area contributed by atoms with Crippen LogP contribution in [0.4, 0.5) is 0 Å². The molecule has 0 aromatic heterocycles. The minimum absolute atomic E-state index is 0.480. The van der Waals surface area contributed by atoms with Crippen LogP contribution in [0.25, 0.3) is 11.1 Å². The smallest absolute Gasteiger partial charge is 0.0487 e. The molecule has 0 aliphatic rings. The molecule has 2 aromatic rings. The van der Waals surface area contributed by atoms with Crippen molar-refractivity contribution in [3.8, 4) is 11.1 Å². The summed E-state index contributed by atoms with van der Waals surface area (Å²) in [5, 5.41) is 4.22. The lowest BCUT2D eigenvalue weighted by Crippen LogP contribution is -2.21. The first-order valence-corrected chi connectivity index (χ1v) is 7.44. The fourth-order valence-corrected chi connectivity index (χ4v) is 2.45. The van der Waals surface area contributed by atoms with Crippen molar-refractivity contribution in [3.63, 3.8) is 0 Å². The molecule has 20 heavy (non-hydrogen) atoms. The first kappa shape index (κ1) is 15.1. The number of rotatable bonds is 4. The fraction of sp³-hybridized carbons (Fsp3) is 0.333. The van der Waals surface area contributed by atoms with Gasteiger partial charge in [-0.2, -0.15) is 0 Å². The van der Waals surface area contributed by atoms with Crippen LogP contribution in [0.1, 0.15) is 30.5 Å². The van der Waals surface area contributed by atoms with Gasteiger partial charge in [-0.05, 0) is 42.2 Å². The van der Waals surface area contributed by atoms with E-state index in [2.05, 4.69) is 69.4 Å². The van der Waals surface area contributed by atoms with Crippen LogP contribution in [0.2, 0.25) is 5.02 Å². The van der Waals surface area contributed by atoms with Gasteiger partial charge in [-0.15, -0.1) is 0 Å². The number of benzene rings is 2. The van der Waals surface area contributed by atoms with E-state index in [0.29, 0.717) is 6.04 Å². The third-order valence-electron chi connectivity index (χ3n) is 3.57. The second kappa shape index (κ2) is 6.43. The predicted molar refractivity (Wildman–Crippen MR) is 88.3 cm³/mol. The van der Waals surface area contributed by atoms with E-state index in [9.17, 15) is 0 Å². The maximum Gasteiger partial charge on any atom is 0.0487 e. The molecule has 0 saturated heterocycles. The average Bonchev–Trinajstić information content (AvgIpc) is 2.40. The van der Waals surface area contributed by atoms with Gasteiger partial charge in [0, 0.05) is 23.2 Å². The molecular weight excluding hydrogens is 266 g/mol. The molecular formula is C18H22ClN. The Kier molecular flexibility index (Phi) is 4.85. The molecule has 0 heterocycles. The van der Waals surface area contributed by atoms with Crippen LogP contribution in [-0.2, 0) is 6.54 Å². The molecule has 106 valence electrons. The summed E-state index contributed by atoms with van der Waals surface area (Å²) in [5.41, 5.74) is 6.10. The van der Waals surface area contributed by atoms with Crippen LogP contribution >= 0.6 is 11.6 Å². The Labute approximate surface area is 127 Å². The highest BCUT2D eigenvalue weighted by atomic mass is 35.5. The summed E-state index contributed by atoms with van der Waals surface area (Å²) in [7, 11) is 0. The Morgan fingerprint density at radius 1 is 1.00 bits per heavy atom. The summed E-state index contributed by atoms with van der Waals surface area (Å²) in [5.74, 6) is 0. The zero-order valence-electron chi connectivity index (χ0n) is 12.6. The van der Waals surface area contributed by atoms with Crippen LogP contribution in [0, 0.1) is 13.8 Å². The van der Waals surface area contributed by atoms with Crippen molar-refractivity contribution in [2.45, 2.75) is 40.3 Å². The topological polar surface area (TPSA) is 12.0 Å². The summed E-state index contributed by atoms with van der Waals surface area (Å²) in [4.78, 5) is 0. The minimum atomic E-state index is 0.480. The van der Waals surface area contributed by atoms with Gasteiger partial charge in [0.2, 0.25) is 0 Å². The van der Waals surface area contributed by atoms with Gasteiger partial charge in [0.05, 0.1) is 0 Å². The number of nitrogens with one attached hydrogen (secondary N) is 1. The molecule has 0 bridgehead atoms. The Morgan fingerprint density at radius 3 is 2.35 bits per heavy atom. The molecule has 1 N–H and O–H groups in total. The van der Waals surface area contributed by atoms with E-state index in [4.69, 9.17) is 11.6 Å². The molecule has 0 saturated carbocycles. The van der Waals surface area contributed by atoms with E-state index in [0.717, 1.165) is 17.1 Å². The molecule has 2 heteroatoms. The highest BCUT2D eigenvalue weighted by Crippen LogP contribution is 2.30. The van der Waals surface area contributed by atoms with Gasteiger partial charge in [-0.25, -0.2) is 0 Å². The monoisotopic (exact) mass is 287 g/mol. The predicted octanol–water partition coefficient (Wildman–Crippen LogP) is 5.12. The number of halogens is 1. The largest absolute Gasteiger partial charge is 0.310 e. The number of aryl methyl sites for hydroxylation is 2. The Hall–Kier alpha value is -1.31. The van der Waals surface area contributed by atoms with E-state index in [1.54, 1.807) is 0 Å². The van der Waals surface area contributed by atoms with Crippen molar-refractivity contribution in [2.24, 2.45) is 0 Å². The van der Waals surface area contributed by atoms with Gasteiger partial charge in [0.25, 0.3) is 0 Å². The van der Waals surface area contributed by atoms with Crippen LogP contribution in [0.5, 0.6) is 0 Å². The van der Waals surface area contributed by atoms with E-state index in [1.807, 2.05) is 0 Å². The van der Waals surface area contributed by atoms with Crippen molar-refractivity contribution in [3.05, 3.63) is 58.1 Å². The fourth-order valence-electron chi connectivity index (χ4n) is 2.13. The van der Waals surface area contributed by atoms with Gasteiger partial charge >= 0.3 is 0 Å². The summed E-state index contributed by atoms with van der Waals surface area (Å²) in [6, 6.07) is 13.3. The zero-order valence-corrected chi connectivity index (χ0v) is 13.4. The first-order valence-electron chi connectivity index (χ1n) is 7.07. The first-order chi connectivity index (χ1) is 9.47. The van der Waals surface area contributed by atoms with Crippen LogP contribution in [0.3, 0.4) is 0 Å². The average molecular weight is 288 g/mol. The second-order valence-corrected chi connectivity index (χ2v) is 6.06. The normalized spacial score (nSPS) is 11.1. The lowest BCUT2D eigenvalue weighted by Gasteiger charge is -2.11. The van der Waals surface area contributed by atoms with Crippen LogP contribution < -0.4 is 5.32 Å². The standard InChI is InChI=1S/C18H22ClN/c1-12(2)20-11-15-6-8-17(18(19)10-15)16-7-5-13(3)14(4)9-16/h5-10,12,20H,11H2,1-4H3. The van der Waals surface area contributed by atoms with Gasteiger partial charge in [0.15, 0.2) is 0 Å². The number of hydrogen-bond acceptors (Lipinski definition) is 1. The molecule has 0 radical (unpaired) electrons. The Balaban J connectivity index is 2.27.